The third-order valence-electron chi connectivity index (χ3n) is 4.15. The maximum Gasteiger partial charge on any atom is 0.419 e. The van der Waals surface area contributed by atoms with Crippen LogP contribution < -0.4 is 10.6 Å². The van der Waals surface area contributed by atoms with Crippen molar-refractivity contribution in [3.63, 3.8) is 0 Å². The van der Waals surface area contributed by atoms with Crippen molar-refractivity contribution in [3.05, 3.63) is 41.2 Å². The molecule has 0 aliphatic carbocycles. The molecule has 2 aromatic rings. The fourth-order valence-electron chi connectivity index (χ4n) is 2.75. The van der Waals surface area contributed by atoms with Gasteiger partial charge in [-0.25, -0.2) is 19.7 Å². The minimum absolute atomic E-state index is 0.0894. The lowest BCUT2D eigenvalue weighted by Gasteiger charge is -2.33. The van der Waals surface area contributed by atoms with Crippen LogP contribution in [0.2, 0.25) is 5.15 Å². The summed E-state index contributed by atoms with van der Waals surface area (Å²) in [5, 5.41) is 5.93. The van der Waals surface area contributed by atoms with E-state index >= 15 is 0 Å². The molecule has 0 saturated carbocycles. The first kappa shape index (κ1) is 20.1. The number of alkyl halides is 3. The number of carbonyl (C=O) groups excluding carboxylic acids is 1. The molecule has 1 unspecified atom stereocenters. The molecule has 1 fully saturated rings. The van der Waals surface area contributed by atoms with E-state index < -0.39 is 11.7 Å². The highest BCUT2D eigenvalue weighted by Gasteiger charge is 2.31. The van der Waals surface area contributed by atoms with Crippen LogP contribution in [0.15, 0.2) is 24.8 Å². The molecular weight excluding hydrogens is 399 g/mol. The van der Waals surface area contributed by atoms with Crippen molar-refractivity contribution < 1.29 is 18.0 Å². The van der Waals surface area contributed by atoms with Crippen LogP contribution in [0.1, 0.15) is 24.1 Å². The van der Waals surface area contributed by atoms with Gasteiger partial charge in [0.25, 0.3) is 0 Å². The van der Waals surface area contributed by atoms with Gasteiger partial charge >= 0.3 is 12.2 Å². The number of anilines is 1. The second-order valence-electron chi connectivity index (χ2n) is 6.18. The van der Waals surface area contributed by atoms with E-state index in [9.17, 15) is 18.0 Å². The Labute approximate surface area is 163 Å². The highest BCUT2D eigenvalue weighted by molar-refractivity contribution is 6.29. The first-order valence-electron chi connectivity index (χ1n) is 8.47. The molecule has 3 heterocycles. The summed E-state index contributed by atoms with van der Waals surface area (Å²) < 4.78 is 37.7. The van der Waals surface area contributed by atoms with Crippen molar-refractivity contribution in [3.8, 4) is 0 Å². The predicted octanol–water partition coefficient (Wildman–Crippen LogP) is 2.72. The van der Waals surface area contributed by atoms with Gasteiger partial charge in [0, 0.05) is 43.9 Å². The van der Waals surface area contributed by atoms with Crippen LogP contribution in [0.4, 0.5) is 23.9 Å². The first-order chi connectivity index (χ1) is 13.3. The number of piperidine rings is 1. The normalized spacial score (nSPS) is 17.3. The van der Waals surface area contributed by atoms with E-state index in [0.717, 1.165) is 25.2 Å². The molecule has 0 radical (unpaired) electrons. The lowest BCUT2D eigenvalue weighted by molar-refractivity contribution is -0.138. The zero-order valence-corrected chi connectivity index (χ0v) is 15.3. The summed E-state index contributed by atoms with van der Waals surface area (Å²) in [6, 6.07) is -0.460. The maximum absolute atomic E-state index is 12.6. The average molecular weight is 416 g/mol. The third kappa shape index (κ3) is 5.18. The minimum atomic E-state index is -4.48. The van der Waals surface area contributed by atoms with Crippen LogP contribution in [-0.4, -0.2) is 50.0 Å². The molecule has 1 aliphatic heterocycles. The number of likely N-dealkylation sites (tertiary alicyclic amines) is 1. The largest absolute Gasteiger partial charge is 0.419 e. The first-order valence-corrected chi connectivity index (χ1v) is 8.84. The second kappa shape index (κ2) is 8.55. The highest BCUT2D eigenvalue weighted by Crippen LogP contribution is 2.28. The maximum atomic E-state index is 12.6. The van der Waals surface area contributed by atoms with Gasteiger partial charge in [0.05, 0.1) is 17.8 Å². The van der Waals surface area contributed by atoms with Gasteiger partial charge in [0.15, 0.2) is 5.15 Å². The number of nitrogens with zero attached hydrogens (tertiary/aromatic N) is 5. The smallest absolute Gasteiger partial charge is 0.350 e. The molecule has 0 spiro atoms. The Morgan fingerprint density at radius 1 is 1.21 bits per heavy atom. The summed E-state index contributed by atoms with van der Waals surface area (Å²) in [6.07, 6.45) is 1.39. The molecular formula is C16H17ClF3N7O. The SMILES string of the molecule is O=C(NCc1nccnc1Cl)N1CCCC(Nc2ncc(C(F)(F)F)cn2)C1. The number of nitrogens with one attached hydrogen (secondary N) is 2. The van der Waals surface area contributed by atoms with Gasteiger partial charge < -0.3 is 15.5 Å². The Hall–Kier alpha value is -2.69. The lowest BCUT2D eigenvalue weighted by atomic mass is 10.1. The summed E-state index contributed by atoms with van der Waals surface area (Å²) in [4.78, 5) is 29.3. The Kier molecular flexibility index (Phi) is 6.12. The minimum Gasteiger partial charge on any atom is -0.350 e. The molecule has 0 bridgehead atoms. The molecule has 28 heavy (non-hydrogen) atoms. The van der Waals surface area contributed by atoms with Crippen LogP contribution >= 0.6 is 11.6 Å². The molecule has 150 valence electrons. The van der Waals surface area contributed by atoms with Crippen LogP contribution in [0.3, 0.4) is 0 Å². The Balaban J connectivity index is 1.53. The number of hydrogen-bond donors (Lipinski definition) is 2. The molecule has 12 heteroatoms. The van der Waals surface area contributed by atoms with Crippen LogP contribution in [0, 0.1) is 0 Å². The van der Waals surface area contributed by atoms with Gasteiger partial charge in [-0.3, -0.25) is 4.98 Å². The van der Waals surface area contributed by atoms with E-state index in [1.807, 2.05) is 0 Å². The van der Waals surface area contributed by atoms with Gasteiger partial charge in [-0.2, -0.15) is 13.2 Å². The van der Waals surface area contributed by atoms with E-state index in [4.69, 9.17) is 11.6 Å². The number of amides is 2. The molecule has 2 N–H and O–H groups in total. The fraction of sp³-hybridized carbons (Fsp3) is 0.438. The fourth-order valence-corrected chi connectivity index (χ4v) is 2.92. The summed E-state index contributed by atoms with van der Waals surface area (Å²) in [7, 11) is 0. The topological polar surface area (TPSA) is 95.9 Å². The predicted molar refractivity (Wildman–Crippen MR) is 94.5 cm³/mol. The Morgan fingerprint density at radius 2 is 1.93 bits per heavy atom. The molecule has 0 aromatic carbocycles. The van der Waals surface area contributed by atoms with Gasteiger partial charge in [-0.05, 0) is 12.8 Å². The van der Waals surface area contributed by atoms with Crippen LogP contribution in [-0.2, 0) is 12.7 Å². The molecule has 1 aliphatic rings. The van der Waals surface area contributed by atoms with E-state index in [2.05, 4.69) is 30.6 Å². The number of urea groups is 1. The number of aromatic nitrogens is 4. The van der Waals surface area contributed by atoms with E-state index in [1.165, 1.54) is 12.4 Å². The number of hydrogen-bond acceptors (Lipinski definition) is 6. The Morgan fingerprint density at radius 3 is 2.61 bits per heavy atom. The number of rotatable bonds is 4. The van der Waals surface area contributed by atoms with Crippen LogP contribution in [0.5, 0.6) is 0 Å². The quantitative estimate of drug-likeness (QED) is 0.797. The van der Waals surface area contributed by atoms with Gasteiger partial charge in [0.1, 0.15) is 0 Å². The van der Waals surface area contributed by atoms with Crippen molar-refractivity contribution in [2.24, 2.45) is 0 Å². The summed E-state index contributed by atoms with van der Waals surface area (Å²) in [6.45, 7) is 1.07. The van der Waals surface area contributed by atoms with Gasteiger partial charge in [-0.1, -0.05) is 11.6 Å². The van der Waals surface area contributed by atoms with Crippen molar-refractivity contribution in [1.29, 1.82) is 0 Å². The van der Waals surface area contributed by atoms with E-state index in [0.29, 0.717) is 18.8 Å². The number of halogens is 4. The molecule has 3 rings (SSSR count). The summed E-state index contributed by atoms with van der Waals surface area (Å²) in [5.74, 6) is 0.0894. The third-order valence-corrected chi connectivity index (χ3v) is 4.47. The lowest BCUT2D eigenvalue weighted by Crippen LogP contribution is -2.49. The van der Waals surface area contributed by atoms with Crippen molar-refractivity contribution >= 4 is 23.6 Å². The van der Waals surface area contributed by atoms with Crippen LogP contribution in [0.25, 0.3) is 0 Å². The highest BCUT2D eigenvalue weighted by atomic mass is 35.5. The zero-order chi connectivity index (χ0) is 20.1. The van der Waals surface area contributed by atoms with E-state index in [1.54, 1.807) is 4.90 Å². The van der Waals surface area contributed by atoms with Crippen molar-refractivity contribution in [2.45, 2.75) is 31.6 Å². The molecule has 8 nitrogen and oxygen atoms in total. The summed E-state index contributed by atoms with van der Waals surface area (Å²) in [5.41, 5.74) is -0.451. The van der Waals surface area contributed by atoms with E-state index in [-0.39, 0.29) is 29.7 Å². The molecule has 1 atom stereocenters. The second-order valence-corrected chi connectivity index (χ2v) is 6.53. The average Bonchev–Trinajstić information content (AvgIpc) is 2.67. The standard InChI is InChI=1S/C16H17ClF3N7O/c17-13-12(21-3-4-22-13)8-25-15(28)27-5-1-2-11(9-27)26-14-23-6-10(7-24-14)16(18,19)20/h3-4,6-7,11H,1-2,5,8-9H2,(H,25,28)(H,23,24,26). The Bertz CT molecular complexity index is 819. The van der Waals surface area contributed by atoms with Gasteiger partial charge in [0.2, 0.25) is 5.95 Å². The monoisotopic (exact) mass is 415 g/mol. The zero-order valence-electron chi connectivity index (χ0n) is 14.6. The number of carbonyl (C=O) groups is 1. The summed E-state index contributed by atoms with van der Waals surface area (Å²) >= 11 is 5.91. The molecule has 2 amide bonds. The van der Waals surface area contributed by atoms with Crippen molar-refractivity contribution in [1.82, 2.24) is 30.2 Å². The molecule has 2 aromatic heterocycles. The van der Waals surface area contributed by atoms with Gasteiger partial charge in [-0.15, -0.1) is 0 Å². The van der Waals surface area contributed by atoms with Crippen molar-refractivity contribution in [2.75, 3.05) is 18.4 Å². The molecule has 1 saturated heterocycles.